The van der Waals surface area contributed by atoms with E-state index in [0.29, 0.717) is 12.2 Å². The summed E-state index contributed by atoms with van der Waals surface area (Å²) in [7, 11) is -4.82. The minimum atomic E-state index is -2.66. The molecule has 27 heavy (non-hydrogen) atoms. The molecule has 2 atom stereocenters. The number of benzene rings is 1. The van der Waals surface area contributed by atoms with Gasteiger partial charge in [0.1, 0.15) is 11.9 Å². The Morgan fingerprint density at radius 2 is 1.89 bits per heavy atom. The molecule has 0 bridgehead atoms. The van der Waals surface area contributed by atoms with Crippen molar-refractivity contribution in [3.63, 3.8) is 0 Å². The van der Waals surface area contributed by atoms with Crippen LogP contribution in [0.15, 0.2) is 47.0 Å². The van der Waals surface area contributed by atoms with E-state index in [0.717, 1.165) is 12.0 Å². The van der Waals surface area contributed by atoms with E-state index in [9.17, 15) is 9.00 Å². The molecule has 0 aliphatic rings. The molecule has 0 aliphatic carbocycles. The highest BCUT2D eigenvalue weighted by Crippen LogP contribution is 2.37. The molecule has 0 aliphatic heterocycles. The van der Waals surface area contributed by atoms with Gasteiger partial charge in [-0.2, -0.15) is 0 Å². The molecule has 0 spiro atoms. The lowest BCUT2D eigenvalue weighted by molar-refractivity contribution is -0.145. The van der Waals surface area contributed by atoms with Crippen molar-refractivity contribution in [2.45, 2.75) is 64.8 Å². The number of hydrogen-bond donors (Lipinski definition) is 0. The van der Waals surface area contributed by atoms with Gasteiger partial charge in [0.2, 0.25) is 0 Å². The van der Waals surface area contributed by atoms with Gasteiger partial charge in [0.15, 0.2) is 8.24 Å². The van der Waals surface area contributed by atoms with E-state index in [4.69, 9.17) is 8.77 Å². The molecule has 0 unspecified atom stereocenters. The van der Waals surface area contributed by atoms with Gasteiger partial charge in [-0.3, -0.25) is 8.82 Å². The first-order valence-corrected chi connectivity index (χ1v) is 14.3. The molecule has 0 saturated carbocycles. The summed E-state index contributed by atoms with van der Waals surface area (Å²) in [5, 5.41) is -0.0324. The summed E-state index contributed by atoms with van der Waals surface area (Å²) in [4.78, 5) is 12.5. The molecule has 4 nitrogen and oxygen atoms in total. The Labute approximate surface area is 166 Å². The minimum Gasteiger partial charge on any atom is -0.457 e. The van der Waals surface area contributed by atoms with E-state index >= 15 is 0 Å². The van der Waals surface area contributed by atoms with Gasteiger partial charge in [-0.15, -0.1) is 6.58 Å². The highest BCUT2D eigenvalue weighted by Gasteiger charge is 2.37. The average Bonchev–Trinajstić information content (AvgIpc) is 2.53. The van der Waals surface area contributed by atoms with Crippen molar-refractivity contribution in [2.75, 3.05) is 11.5 Å². The van der Waals surface area contributed by atoms with Crippen molar-refractivity contribution < 1.29 is 13.7 Å². The van der Waals surface area contributed by atoms with Crippen LogP contribution < -0.4 is 0 Å². The van der Waals surface area contributed by atoms with Gasteiger partial charge in [0, 0.05) is 15.5 Å². The fraction of sp³-hybridized carbons (Fsp3) is 0.571. The van der Waals surface area contributed by atoms with Crippen LogP contribution in [0.2, 0.25) is 18.1 Å². The number of carbonyl (C=O) groups is 1. The van der Waals surface area contributed by atoms with Crippen molar-refractivity contribution in [1.29, 1.82) is 0 Å². The van der Waals surface area contributed by atoms with Crippen LogP contribution in [0.3, 0.4) is 0 Å². The maximum absolute atomic E-state index is 13.6. The Balaban J connectivity index is 3.01. The highest BCUT2D eigenvalue weighted by molar-refractivity contribution is 7.95. The van der Waals surface area contributed by atoms with Gasteiger partial charge in [-0.25, -0.2) is 4.21 Å². The monoisotopic (exact) mass is 409 g/mol. The number of ether oxygens (including phenoxy) is 1. The molecule has 0 fully saturated rings. The van der Waals surface area contributed by atoms with Gasteiger partial charge in [-0.1, -0.05) is 57.2 Å². The third-order valence-corrected chi connectivity index (χ3v) is 13.5. The van der Waals surface area contributed by atoms with E-state index < -0.39 is 23.9 Å². The minimum absolute atomic E-state index is 0.0324. The molecule has 1 aromatic carbocycles. The Hall–Kier alpha value is -1.40. The normalized spacial score (nSPS) is 15.5. The van der Waals surface area contributed by atoms with E-state index in [1.165, 1.54) is 0 Å². The lowest BCUT2D eigenvalue weighted by atomic mass is 10.1. The van der Waals surface area contributed by atoms with Crippen molar-refractivity contribution >= 4 is 23.9 Å². The molecule has 0 heterocycles. The zero-order valence-electron chi connectivity index (χ0n) is 17.7. The van der Waals surface area contributed by atoms with Crippen LogP contribution in [0.1, 0.15) is 52.2 Å². The fourth-order valence-corrected chi connectivity index (χ4v) is 8.61. The summed E-state index contributed by atoms with van der Waals surface area (Å²) in [6.07, 6.45) is 2.91. The summed E-state index contributed by atoms with van der Waals surface area (Å²) < 4.78 is 24.0. The van der Waals surface area contributed by atoms with Gasteiger partial charge in [0.05, 0.1) is 0 Å². The molecular weight excluding hydrogens is 374 g/mol. The third-order valence-electron chi connectivity index (χ3n) is 5.02. The average molecular weight is 410 g/mol. The van der Waals surface area contributed by atoms with Gasteiger partial charge in [0.25, 0.3) is 0 Å². The molecule has 6 heteroatoms. The van der Waals surface area contributed by atoms with Crippen LogP contribution in [0.5, 0.6) is 0 Å². The molecule has 1 aromatic rings. The van der Waals surface area contributed by atoms with Crippen LogP contribution in [0.25, 0.3) is 0 Å². The SMILES string of the molecule is C=CCCC[S@](=O)(CC(=O)O[C@@H](C)c1ccccc1)=N[Si](C)(C)C(C)(C)C. The number of esters is 1. The molecule has 0 N–H and O–H groups in total. The van der Waals surface area contributed by atoms with Crippen molar-refractivity contribution in [3.8, 4) is 0 Å². The van der Waals surface area contributed by atoms with E-state index in [1.54, 1.807) is 0 Å². The zero-order valence-corrected chi connectivity index (χ0v) is 19.5. The Morgan fingerprint density at radius 1 is 1.30 bits per heavy atom. The zero-order chi connectivity index (χ0) is 20.7. The Morgan fingerprint density at radius 3 is 2.41 bits per heavy atom. The number of allylic oxidation sites excluding steroid dienone is 1. The quantitative estimate of drug-likeness (QED) is 0.226. The first-order valence-electron chi connectivity index (χ1n) is 9.49. The van der Waals surface area contributed by atoms with Gasteiger partial charge < -0.3 is 4.74 Å². The highest BCUT2D eigenvalue weighted by atomic mass is 32.2. The molecule has 0 amide bonds. The molecule has 1 rings (SSSR count). The predicted octanol–water partition coefficient (Wildman–Crippen LogP) is 5.73. The Kier molecular flexibility index (Phi) is 8.48. The summed E-state index contributed by atoms with van der Waals surface area (Å²) in [5.74, 6) is -0.189. The lowest BCUT2D eigenvalue weighted by Gasteiger charge is -2.33. The van der Waals surface area contributed by atoms with Crippen LogP contribution in [-0.2, 0) is 19.3 Å². The number of unbranched alkanes of at least 4 members (excludes halogenated alkanes) is 1. The van der Waals surface area contributed by atoms with E-state index in [-0.39, 0.29) is 16.9 Å². The third kappa shape index (κ3) is 7.62. The predicted molar refractivity (Wildman–Crippen MR) is 118 cm³/mol. The van der Waals surface area contributed by atoms with Gasteiger partial charge in [-0.05, 0) is 43.5 Å². The number of nitrogens with zero attached hydrogens (tertiary/aromatic N) is 1. The van der Waals surface area contributed by atoms with Crippen LogP contribution >= 0.6 is 0 Å². The van der Waals surface area contributed by atoms with Crippen LogP contribution in [0.4, 0.5) is 0 Å². The molecule has 0 radical (unpaired) electrons. The topological polar surface area (TPSA) is 55.7 Å². The Bertz CT molecular complexity index is 744. The molecule has 152 valence electrons. The van der Waals surface area contributed by atoms with Crippen LogP contribution in [0, 0.1) is 0 Å². The summed E-state index contributed by atoms with van der Waals surface area (Å²) in [5.41, 5.74) is 0.922. The fourth-order valence-electron chi connectivity index (χ4n) is 2.36. The molecular formula is C21H35NO3SSi. The second-order valence-corrected chi connectivity index (χ2v) is 16.1. The van der Waals surface area contributed by atoms with Crippen molar-refractivity contribution in [2.24, 2.45) is 4.03 Å². The largest absolute Gasteiger partial charge is 0.457 e. The van der Waals surface area contributed by atoms with Crippen molar-refractivity contribution in [3.05, 3.63) is 48.6 Å². The molecule has 0 saturated heterocycles. The first-order chi connectivity index (χ1) is 12.4. The van der Waals surface area contributed by atoms with Gasteiger partial charge >= 0.3 is 5.97 Å². The smallest absolute Gasteiger partial charge is 0.320 e. The first kappa shape index (κ1) is 23.6. The summed E-state index contributed by atoms with van der Waals surface area (Å²) >= 11 is 0. The van der Waals surface area contributed by atoms with Crippen LogP contribution in [-0.4, -0.2) is 29.9 Å². The van der Waals surface area contributed by atoms with E-state index in [1.807, 2.05) is 43.3 Å². The lowest BCUT2D eigenvalue weighted by Crippen LogP contribution is -2.38. The number of rotatable bonds is 9. The maximum atomic E-state index is 13.6. The summed E-state index contributed by atoms with van der Waals surface area (Å²) in [6.45, 7) is 16.2. The number of carbonyl (C=O) groups excluding carboxylic acids is 1. The summed E-state index contributed by atoms with van der Waals surface area (Å²) in [6, 6.07) is 9.57. The second-order valence-electron chi connectivity index (χ2n) is 8.50. The maximum Gasteiger partial charge on any atom is 0.320 e. The standard InChI is InChI=1S/C21H35NO3SSi/c1-8-9-13-16-26(24,22-27(6,7)21(3,4)5)17-20(23)25-18(2)19-14-11-10-12-15-19/h8,10-12,14-15,18H,1,9,13,16-17H2,2-7H3/t18-,26-/m0/s1. The van der Waals surface area contributed by atoms with Crippen molar-refractivity contribution in [1.82, 2.24) is 0 Å². The second kappa shape index (κ2) is 9.69. The molecule has 0 aromatic heterocycles. The van der Waals surface area contributed by atoms with E-state index in [2.05, 4.69) is 40.4 Å². The number of hydrogen-bond acceptors (Lipinski definition) is 4.